The minimum Gasteiger partial charge on any atom is -0.406 e. The van der Waals surface area contributed by atoms with Gasteiger partial charge in [-0.3, -0.25) is 4.79 Å². The van der Waals surface area contributed by atoms with Crippen LogP contribution in [-0.4, -0.2) is 27.2 Å². The summed E-state index contributed by atoms with van der Waals surface area (Å²) >= 11 is 0. The van der Waals surface area contributed by atoms with Gasteiger partial charge in [0.25, 0.3) is 0 Å². The molecule has 0 aromatic heterocycles. The van der Waals surface area contributed by atoms with Crippen molar-refractivity contribution in [2.45, 2.75) is 55.9 Å². The van der Waals surface area contributed by atoms with E-state index in [-0.39, 0.29) is 16.8 Å². The van der Waals surface area contributed by atoms with Gasteiger partial charge in [-0.2, -0.15) is 0 Å². The van der Waals surface area contributed by atoms with Crippen LogP contribution in [0, 0.1) is 5.82 Å². The molecule has 176 valence electrons. The molecule has 1 aliphatic rings. The van der Waals surface area contributed by atoms with Crippen molar-refractivity contribution in [3.8, 4) is 5.75 Å². The van der Waals surface area contributed by atoms with Crippen LogP contribution in [0.1, 0.15) is 37.7 Å². The quantitative estimate of drug-likeness (QED) is 0.462. The average Bonchev–Trinajstić information content (AvgIpc) is 2.73. The lowest BCUT2D eigenvalue weighted by Crippen LogP contribution is -2.36. The number of alkyl halides is 3. The van der Waals surface area contributed by atoms with Gasteiger partial charge in [-0.25, -0.2) is 17.5 Å². The zero-order chi connectivity index (χ0) is 23.6. The summed E-state index contributed by atoms with van der Waals surface area (Å²) in [6.45, 7) is 0.448. The van der Waals surface area contributed by atoms with Crippen LogP contribution >= 0.6 is 0 Å². The fourth-order valence-electron chi connectivity index (χ4n) is 3.11. The zero-order valence-corrected chi connectivity index (χ0v) is 17.9. The summed E-state index contributed by atoms with van der Waals surface area (Å²) in [4.78, 5) is 9.63. The highest BCUT2D eigenvalue weighted by atomic mass is 32.2. The van der Waals surface area contributed by atoms with Crippen LogP contribution in [0.15, 0.2) is 53.4 Å². The maximum Gasteiger partial charge on any atom is 0.573 e. The molecular weight excluding hydrogens is 452 g/mol. The third-order valence-corrected chi connectivity index (χ3v) is 6.10. The summed E-state index contributed by atoms with van der Waals surface area (Å²) < 4.78 is 79.4. The van der Waals surface area contributed by atoms with E-state index in [9.17, 15) is 30.8 Å². The third kappa shape index (κ3) is 9.23. The van der Waals surface area contributed by atoms with Crippen molar-refractivity contribution in [2.75, 3.05) is 0 Å². The Morgan fingerprint density at radius 3 is 2.28 bits per heavy atom. The number of rotatable bonds is 7. The second kappa shape index (κ2) is 11.8. The van der Waals surface area contributed by atoms with E-state index in [2.05, 4.69) is 14.8 Å². The molecule has 3 rings (SSSR count). The Bertz CT molecular complexity index is 961. The van der Waals surface area contributed by atoms with Gasteiger partial charge in [-0.05, 0) is 42.7 Å². The number of amides is 1. The topological polar surface area (TPSA) is 84.5 Å². The molecule has 2 aromatic rings. The molecule has 0 saturated heterocycles. The molecule has 0 atom stereocenters. The zero-order valence-electron chi connectivity index (χ0n) is 17.1. The number of halogens is 4. The van der Waals surface area contributed by atoms with Crippen LogP contribution in [0.2, 0.25) is 0 Å². The summed E-state index contributed by atoms with van der Waals surface area (Å²) in [5.41, 5.74) is 0.888. The van der Waals surface area contributed by atoms with Gasteiger partial charge in [0.15, 0.2) is 0 Å². The molecule has 0 radical (unpaired) electrons. The third-order valence-electron chi connectivity index (χ3n) is 4.58. The van der Waals surface area contributed by atoms with Crippen LogP contribution in [-0.2, 0) is 21.4 Å². The number of benzene rings is 2. The largest absolute Gasteiger partial charge is 0.573 e. The molecule has 0 heterocycles. The normalized spacial score (nSPS) is 14.8. The van der Waals surface area contributed by atoms with Crippen molar-refractivity contribution < 1.29 is 35.5 Å². The molecule has 32 heavy (non-hydrogen) atoms. The molecule has 1 saturated carbocycles. The lowest BCUT2D eigenvalue weighted by atomic mass is 9.96. The Hall–Kier alpha value is -2.66. The summed E-state index contributed by atoms with van der Waals surface area (Å²) in [6.07, 6.45) is 0.237. The maximum atomic E-state index is 12.3. The minimum absolute atomic E-state index is 0.157. The monoisotopic (exact) mass is 476 g/mol. The number of carbonyl (C=O) groups excluding carboxylic acids is 1. The first-order valence-corrected chi connectivity index (χ1v) is 11.4. The Morgan fingerprint density at radius 2 is 1.69 bits per heavy atom. The molecule has 0 spiro atoms. The van der Waals surface area contributed by atoms with E-state index in [1.54, 1.807) is 12.1 Å². The van der Waals surface area contributed by atoms with E-state index in [1.807, 2.05) is 0 Å². The number of hydrogen-bond acceptors (Lipinski definition) is 4. The van der Waals surface area contributed by atoms with Gasteiger partial charge < -0.3 is 10.1 Å². The highest BCUT2D eigenvalue weighted by molar-refractivity contribution is 7.89. The predicted octanol–water partition coefficient (Wildman–Crippen LogP) is 4.27. The van der Waals surface area contributed by atoms with E-state index in [4.69, 9.17) is 0 Å². The molecule has 0 unspecified atom stereocenters. The predicted molar refractivity (Wildman–Crippen MR) is 110 cm³/mol. The molecule has 0 bridgehead atoms. The average molecular weight is 476 g/mol. The Balaban J connectivity index is 0.000000278. The van der Waals surface area contributed by atoms with Crippen molar-refractivity contribution in [3.05, 3.63) is 59.9 Å². The van der Waals surface area contributed by atoms with Crippen LogP contribution in [0.5, 0.6) is 5.75 Å². The van der Waals surface area contributed by atoms with Crippen molar-refractivity contribution in [1.29, 1.82) is 0 Å². The lowest BCUT2D eigenvalue weighted by molar-refractivity contribution is -0.274. The fourth-order valence-corrected chi connectivity index (χ4v) is 4.45. The molecular formula is C21H24F4N2O4S. The summed E-state index contributed by atoms with van der Waals surface area (Å²) in [5.74, 6) is -0.811. The van der Waals surface area contributed by atoms with E-state index >= 15 is 0 Å². The number of carbonyl (C=O) groups is 1. The van der Waals surface area contributed by atoms with Gasteiger partial charge in [-0.15, -0.1) is 13.2 Å². The van der Waals surface area contributed by atoms with Gasteiger partial charge in [-0.1, -0.05) is 37.5 Å². The van der Waals surface area contributed by atoms with Crippen molar-refractivity contribution in [3.63, 3.8) is 0 Å². The Kier molecular flexibility index (Phi) is 9.45. The fraction of sp³-hybridized carbons (Fsp3) is 0.381. The number of hydrogen-bond donors (Lipinski definition) is 2. The van der Waals surface area contributed by atoms with Crippen LogP contribution in [0.4, 0.5) is 17.6 Å². The van der Waals surface area contributed by atoms with Crippen molar-refractivity contribution in [2.24, 2.45) is 0 Å². The SMILES string of the molecule is O=CNCc1ccc(F)cc1.O=S(=O)(NC1CCCCC1)c1cccc(OC(F)(F)F)c1. The highest BCUT2D eigenvalue weighted by Crippen LogP contribution is 2.26. The number of ether oxygens (including phenoxy) is 1. The van der Waals surface area contributed by atoms with Gasteiger partial charge in [0.1, 0.15) is 11.6 Å². The molecule has 1 amide bonds. The lowest BCUT2D eigenvalue weighted by Gasteiger charge is -2.22. The first-order valence-electron chi connectivity index (χ1n) is 9.89. The van der Waals surface area contributed by atoms with Gasteiger partial charge in [0.05, 0.1) is 4.90 Å². The number of nitrogens with one attached hydrogen (secondary N) is 2. The number of sulfonamides is 1. The molecule has 2 N–H and O–H groups in total. The molecule has 6 nitrogen and oxygen atoms in total. The van der Waals surface area contributed by atoms with Crippen LogP contribution < -0.4 is 14.8 Å². The second-order valence-corrected chi connectivity index (χ2v) is 8.82. The maximum absolute atomic E-state index is 12.3. The van der Waals surface area contributed by atoms with Gasteiger partial charge >= 0.3 is 6.36 Å². The molecule has 1 fully saturated rings. The van der Waals surface area contributed by atoms with Crippen molar-refractivity contribution in [1.82, 2.24) is 10.0 Å². The van der Waals surface area contributed by atoms with E-state index in [0.717, 1.165) is 49.8 Å². The van der Waals surface area contributed by atoms with E-state index in [1.165, 1.54) is 24.3 Å². The molecule has 2 aromatic carbocycles. The molecule has 1 aliphatic carbocycles. The van der Waals surface area contributed by atoms with Crippen LogP contribution in [0.25, 0.3) is 0 Å². The van der Waals surface area contributed by atoms with E-state index < -0.39 is 22.1 Å². The minimum atomic E-state index is -4.85. The summed E-state index contributed by atoms with van der Waals surface area (Å²) in [7, 11) is -3.84. The standard InChI is InChI=1S/C13H16F3NO3S.C8H8FNO/c14-13(15,16)20-11-7-4-8-12(9-11)21(18,19)17-10-5-2-1-3-6-10;9-8-3-1-7(2-4-8)5-10-6-11/h4,7-10,17H,1-3,5-6H2;1-4,6H,5H2,(H,10,11). The molecule has 0 aliphatic heterocycles. The summed E-state index contributed by atoms with van der Waals surface area (Å²) in [6, 6.07) is 10.2. The summed E-state index contributed by atoms with van der Waals surface area (Å²) in [5, 5.41) is 2.48. The van der Waals surface area contributed by atoms with Gasteiger partial charge in [0.2, 0.25) is 16.4 Å². The van der Waals surface area contributed by atoms with E-state index in [0.29, 0.717) is 13.0 Å². The van der Waals surface area contributed by atoms with Crippen molar-refractivity contribution >= 4 is 16.4 Å². The first-order chi connectivity index (χ1) is 15.1. The highest BCUT2D eigenvalue weighted by Gasteiger charge is 2.31. The smallest absolute Gasteiger partial charge is 0.406 e. The van der Waals surface area contributed by atoms with Gasteiger partial charge in [0, 0.05) is 18.7 Å². The van der Waals surface area contributed by atoms with Crippen LogP contribution in [0.3, 0.4) is 0 Å². The second-order valence-electron chi connectivity index (χ2n) is 7.10. The first kappa shape index (κ1) is 25.6. The molecule has 11 heteroatoms. The Labute approximate surface area is 184 Å². The Morgan fingerprint density at radius 1 is 1.03 bits per heavy atom.